The number of carbonyl (C=O) groups excluding carboxylic acids is 1. The van der Waals surface area contributed by atoms with Crippen molar-refractivity contribution in [2.45, 2.75) is 26.3 Å². The van der Waals surface area contributed by atoms with Crippen molar-refractivity contribution < 1.29 is 9.53 Å². The van der Waals surface area contributed by atoms with Gasteiger partial charge in [0.15, 0.2) is 0 Å². The summed E-state index contributed by atoms with van der Waals surface area (Å²) in [5.74, 6) is 0.594. The van der Waals surface area contributed by atoms with Crippen LogP contribution >= 0.6 is 0 Å². The molecule has 0 saturated heterocycles. The Hall–Kier alpha value is -1.55. The summed E-state index contributed by atoms with van der Waals surface area (Å²) in [7, 11) is 0. The SMILES string of the molecule is CCOc1ccccc1C(C)NCCC(N)=O. The fourth-order valence-electron chi connectivity index (χ4n) is 1.65. The summed E-state index contributed by atoms with van der Waals surface area (Å²) in [5, 5.41) is 3.25. The first-order valence-electron chi connectivity index (χ1n) is 5.88. The van der Waals surface area contributed by atoms with Crippen molar-refractivity contribution in [2.75, 3.05) is 13.2 Å². The van der Waals surface area contributed by atoms with Crippen LogP contribution in [0.25, 0.3) is 0 Å². The van der Waals surface area contributed by atoms with E-state index >= 15 is 0 Å². The molecule has 0 aliphatic rings. The van der Waals surface area contributed by atoms with Crippen LogP contribution in [0.3, 0.4) is 0 Å². The van der Waals surface area contributed by atoms with E-state index in [4.69, 9.17) is 10.5 Å². The highest BCUT2D eigenvalue weighted by molar-refractivity contribution is 5.73. The van der Waals surface area contributed by atoms with Gasteiger partial charge >= 0.3 is 0 Å². The Morgan fingerprint density at radius 2 is 2.18 bits per heavy atom. The lowest BCUT2D eigenvalue weighted by Gasteiger charge is -2.17. The van der Waals surface area contributed by atoms with Crippen LogP contribution in [-0.2, 0) is 4.79 Å². The predicted octanol–water partition coefficient (Wildman–Crippen LogP) is 1.61. The molecule has 1 amide bonds. The zero-order valence-electron chi connectivity index (χ0n) is 10.4. The molecule has 0 saturated carbocycles. The van der Waals surface area contributed by atoms with Gasteiger partial charge in [0, 0.05) is 24.6 Å². The number of rotatable bonds is 7. The zero-order valence-corrected chi connectivity index (χ0v) is 10.4. The molecule has 0 heterocycles. The van der Waals surface area contributed by atoms with Crippen LogP contribution in [-0.4, -0.2) is 19.1 Å². The van der Waals surface area contributed by atoms with Crippen LogP contribution in [0.5, 0.6) is 5.75 Å². The standard InChI is InChI=1S/C13H20N2O2/c1-3-17-12-7-5-4-6-11(12)10(2)15-9-8-13(14)16/h4-7,10,15H,3,8-9H2,1-2H3,(H2,14,16). The molecule has 4 nitrogen and oxygen atoms in total. The fraction of sp³-hybridized carbons (Fsp3) is 0.462. The molecule has 1 atom stereocenters. The summed E-state index contributed by atoms with van der Waals surface area (Å²) in [6.45, 7) is 5.22. The molecule has 1 unspecified atom stereocenters. The van der Waals surface area contributed by atoms with Crippen molar-refractivity contribution >= 4 is 5.91 Å². The second kappa shape index (κ2) is 6.91. The lowest BCUT2D eigenvalue weighted by atomic mass is 10.1. The maximum absolute atomic E-state index is 10.6. The summed E-state index contributed by atoms with van der Waals surface area (Å²) in [6.07, 6.45) is 0.348. The van der Waals surface area contributed by atoms with Crippen molar-refractivity contribution in [2.24, 2.45) is 5.73 Å². The number of nitrogens with two attached hydrogens (primary N) is 1. The third-order valence-electron chi connectivity index (χ3n) is 2.51. The second-order valence-electron chi connectivity index (χ2n) is 3.86. The molecule has 0 aromatic heterocycles. The quantitative estimate of drug-likeness (QED) is 0.756. The third kappa shape index (κ3) is 4.44. The number of ether oxygens (including phenoxy) is 1. The van der Waals surface area contributed by atoms with Crippen molar-refractivity contribution in [3.63, 3.8) is 0 Å². The van der Waals surface area contributed by atoms with Gasteiger partial charge in [-0.2, -0.15) is 0 Å². The van der Waals surface area contributed by atoms with Gasteiger partial charge in [0.2, 0.25) is 5.91 Å². The number of primary amides is 1. The van der Waals surface area contributed by atoms with E-state index in [0.29, 0.717) is 19.6 Å². The number of hydrogen-bond donors (Lipinski definition) is 2. The summed E-state index contributed by atoms with van der Waals surface area (Å²) < 4.78 is 5.55. The van der Waals surface area contributed by atoms with E-state index in [9.17, 15) is 4.79 Å². The van der Waals surface area contributed by atoms with Crippen LogP contribution in [0.15, 0.2) is 24.3 Å². The molecule has 0 fully saturated rings. The smallest absolute Gasteiger partial charge is 0.218 e. The topological polar surface area (TPSA) is 64.3 Å². The van der Waals surface area contributed by atoms with Crippen molar-refractivity contribution in [3.05, 3.63) is 29.8 Å². The summed E-state index contributed by atoms with van der Waals surface area (Å²) in [6, 6.07) is 8.03. The maximum atomic E-state index is 10.6. The second-order valence-corrected chi connectivity index (χ2v) is 3.86. The molecule has 0 aliphatic heterocycles. The van der Waals surface area contributed by atoms with Gasteiger partial charge in [-0.3, -0.25) is 4.79 Å². The lowest BCUT2D eigenvalue weighted by molar-refractivity contribution is -0.117. The molecule has 0 bridgehead atoms. The first-order chi connectivity index (χ1) is 8.15. The van der Waals surface area contributed by atoms with Gasteiger partial charge in [-0.25, -0.2) is 0 Å². The maximum Gasteiger partial charge on any atom is 0.218 e. The predicted molar refractivity (Wildman–Crippen MR) is 67.8 cm³/mol. The van der Waals surface area contributed by atoms with E-state index < -0.39 is 0 Å². The molecule has 17 heavy (non-hydrogen) atoms. The van der Waals surface area contributed by atoms with Crippen LogP contribution in [0.4, 0.5) is 0 Å². The first-order valence-corrected chi connectivity index (χ1v) is 5.88. The molecule has 1 aromatic rings. The first kappa shape index (κ1) is 13.5. The van der Waals surface area contributed by atoms with Crippen LogP contribution in [0, 0.1) is 0 Å². The van der Waals surface area contributed by atoms with Crippen LogP contribution < -0.4 is 15.8 Å². The van der Waals surface area contributed by atoms with Crippen molar-refractivity contribution in [1.82, 2.24) is 5.32 Å². The average Bonchev–Trinajstić information content (AvgIpc) is 2.29. The van der Waals surface area contributed by atoms with Crippen molar-refractivity contribution in [1.29, 1.82) is 0 Å². The summed E-state index contributed by atoms with van der Waals surface area (Å²) in [4.78, 5) is 10.6. The highest BCUT2D eigenvalue weighted by Gasteiger charge is 2.10. The summed E-state index contributed by atoms with van der Waals surface area (Å²) in [5.41, 5.74) is 6.19. The van der Waals surface area contributed by atoms with E-state index in [1.165, 1.54) is 0 Å². The Morgan fingerprint density at radius 1 is 1.47 bits per heavy atom. The Labute approximate surface area is 102 Å². The highest BCUT2D eigenvalue weighted by Crippen LogP contribution is 2.24. The molecular weight excluding hydrogens is 216 g/mol. The molecule has 1 rings (SSSR count). The van der Waals surface area contributed by atoms with Gasteiger partial charge in [-0.05, 0) is 19.9 Å². The molecule has 0 radical (unpaired) electrons. The highest BCUT2D eigenvalue weighted by atomic mass is 16.5. The van der Waals surface area contributed by atoms with E-state index in [2.05, 4.69) is 5.32 Å². The largest absolute Gasteiger partial charge is 0.494 e. The Balaban J connectivity index is 2.60. The van der Waals surface area contributed by atoms with Crippen molar-refractivity contribution in [3.8, 4) is 5.75 Å². The molecule has 0 aliphatic carbocycles. The minimum Gasteiger partial charge on any atom is -0.494 e. The average molecular weight is 236 g/mol. The number of para-hydroxylation sites is 1. The minimum atomic E-state index is -0.289. The third-order valence-corrected chi connectivity index (χ3v) is 2.51. The molecule has 94 valence electrons. The van der Waals surface area contributed by atoms with Crippen LogP contribution in [0.2, 0.25) is 0 Å². The van der Waals surface area contributed by atoms with Gasteiger partial charge in [0.05, 0.1) is 6.61 Å². The van der Waals surface area contributed by atoms with E-state index in [0.717, 1.165) is 11.3 Å². The molecular formula is C13H20N2O2. The van der Waals surface area contributed by atoms with Gasteiger partial charge in [-0.1, -0.05) is 18.2 Å². The Bertz CT molecular complexity index is 366. The molecule has 4 heteroatoms. The molecule has 0 spiro atoms. The monoisotopic (exact) mass is 236 g/mol. The fourth-order valence-corrected chi connectivity index (χ4v) is 1.65. The minimum absolute atomic E-state index is 0.136. The number of amides is 1. The van der Waals surface area contributed by atoms with Gasteiger partial charge in [0.25, 0.3) is 0 Å². The Kier molecular flexibility index (Phi) is 5.49. The molecule has 1 aromatic carbocycles. The van der Waals surface area contributed by atoms with Gasteiger partial charge in [-0.15, -0.1) is 0 Å². The summed E-state index contributed by atoms with van der Waals surface area (Å²) >= 11 is 0. The lowest BCUT2D eigenvalue weighted by Crippen LogP contribution is -2.24. The number of carbonyl (C=O) groups is 1. The van der Waals surface area contributed by atoms with E-state index in [1.54, 1.807) is 0 Å². The Morgan fingerprint density at radius 3 is 2.82 bits per heavy atom. The molecule has 3 N–H and O–H groups in total. The van der Waals surface area contributed by atoms with E-state index in [1.807, 2.05) is 38.1 Å². The van der Waals surface area contributed by atoms with Gasteiger partial charge in [0.1, 0.15) is 5.75 Å². The van der Waals surface area contributed by atoms with E-state index in [-0.39, 0.29) is 11.9 Å². The van der Waals surface area contributed by atoms with Gasteiger partial charge < -0.3 is 15.8 Å². The van der Waals surface area contributed by atoms with Crippen LogP contribution in [0.1, 0.15) is 31.9 Å². The zero-order chi connectivity index (χ0) is 12.7. The number of hydrogen-bond acceptors (Lipinski definition) is 3. The number of benzene rings is 1. The normalized spacial score (nSPS) is 12.1. The number of nitrogens with one attached hydrogen (secondary N) is 1.